The molecule has 0 saturated carbocycles. The third-order valence-corrected chi connectivity index (χ3v) is 2.20. The monoisotopic (exact) mass is 279 g/mol. The van der Waals surface area contributed by atoms with Crippen LogP contribution in [0.5, 0.6) is 11.5 Å². The van der Waals surface area contributed by atoms with Crippen LogP contribution in [0.2, 0.25) is 0 Å². The molecular weight excluding hydrogens is 258 g/mol. The Kier molecular flexibility index (Phi) is 5.55. The Morgan fingerprint density at radius 3 is 2.55 bits per heavy atom. The van der Waals surface area contributed by atoms with E-state index < -0.39 is 11.7 Å². The van der Waals surface area contributed by atoms with E-state index in [-0.39, 0.29) is 0 Å². The number of nitrogens with zero attached hydrogens (tertiary/aromatic N) is 1. The van der Waals surface area contributed by atoms with Crippen LogP contribution in [-0.4, -0.2) is 31.6 Å². The summed E-state index contributed by atoms with van der Waals surface area (Å²) >= 11 is 0. The van der Waals surface area contributed by atoms with Crippen LogP contribution < -0.4 is 9.47 Å². The lowest BCUT2D eigenvalue weighted by molar-refractivity contribution is 0.0605. The number of carbonyl (C=O) groups excluding carboxylic acids is 1. The van der Waals surface area contributed by atoms with Crippen LogP contribution in [-0.2, 0) is 4.74 Å². The van der Waals surface area contributed by atoms with Crippen molar-refractivity contribution in [2.45, 2.75) is 33.3 Å². The second-order valence-corrected chi connectivity index (χ2v) is 5.08. The molecule has 1 aromatic rings. The van der Waals surface area contributed by atoms with Gasteiger partial charge in [-0.1, -0.05) is 0 Å². The van der Waals surface area contributed by atoms with E-state index in [2.05, 4.69) is 4.99 Å². The molecule has 1 aromatic carbocycles. The molecular formula is C15H21NO4. The van der Waals surface area contributed by atoms with Gasteiger partial charge >= 0.3 is 6.09 Å². The lowest BCUT2D eigenvalue weighted by Gasteiger charge is -2.17. The lowest BCUT2D eigenvalue weighted by Crippen LogP contribution is -2.21. The highest BCUT2D eigenvalue weighted by Gasteiger charge is 2.15. The maximum atomic E-state index is 11.5. The Morgan fingerprint density at radius 1 is 1.30 bits per heavy atom. The fourth-order valence-corrected chi connectivity index (χ4v) is 1.46. The Bertz CT molecular complexity index is 489. The molecule has 1 rings (SSSR count). The average Bonchev–Trinajstić information content (AvgIpc) is 2.35. The molecule has 0 saturated heterocycles. The highest BCUT2D eigenvalue weighted by atomic mass is 16.6. The summed E-state index contributed by atoms with van der Waals surface area (Å²) in [6.45, 7) is 7.80. The predicted molar refractivity (Wildman–Crippen MR) is 78.0 cm³/mol. The van der Waals surface area contributed by atoms with Gasteiger partial charge in [-0.3, -0.25) is 0 Å². The van der Waals surface area contributed by atoms with E-state index in [4.69, 9.17) is 14.2 Å². The van der Waals surface area contributed by atoms with Gasteiger partial charge in [0.15, 0.2) is 11.5 Å². The fraction of sp³-hybridized carbons (Fsp3) is 0.467. The summed E-state index contributed by atoms with van der Waals surface area (Å²) in [5.74, 6) is 1.25. The minimum absolute atomic E-state index is 0.531. The molecule has 0 aromatic heterocycles. The highest BCUT2D eigenvalue weighted by molar-refractivity contribution is 5.89. The van der Waals surface area contributed by atoms with Crippen molar-refractivity contribution < 1.29 is 19.0 Å². The summed E-state index contributed by atoms with van der Waals surface area (Å²) in [4.78, 5) is 15.2. The molecule has 0 aliphatic rings. The van der Waals surface area contributed by atoms with Gasteiger partial charge in [0.2, 0.25) is 0 Å². The van der Waals surface area contributed by atoms with Crippen LogP contribution in [0.3, 0.4) is 0 Å². The maximum Gasteiger partial charge on any atom is 0.434 e. The zero-order valence-corrected chi connectivity index (χ0v) is 12.6. The number of amides is 1. The van der Waals surface area contributed by atoms with E-state index in [0.717, 1.165) is 5.56 Å². The molecule has 5 nitrogen and oxygen atoms in total. The first-order valence-electron chi connectivity index (χ1n) is 6.43. The zero-order valence-electron chi connectivity index (χ0n) is 12.6. The van der Waals surface area contributed by atoms with E-state index in [1.165, 1.54) is 6.21 Å². The molecule has 0 spiro atoms. The van der Waals surface area contributed by atoms with Gasteiger partial charge in [0.05, 0.1) is 13.7 Å². The molecule has 110 valence electrons. The number of ether oxygens (including phenoxy) is 3. The minimum atomic E-state index is -0.619. The Labute approximate surface area is 119 Å². The Hall–Kier alpha value is -2.04. The molecule has 0 radical (unpaired) electrons. The van der Waals surface area contributed by atoms with E-state index in [1.54, 1.807) is 46.1 Å². The van der Waals surface area contributed by atoms with Crippen molar-refractivity contribution in [1.29, 1.82) is 0 Å². The number of benzene rings is 1. The van der Waals surface area contributed by atoms with Gasteiger partial charge in [-0.25, -0.2) is 4.79 Å². The van der Waals surface area contributed by atoms with Gasteiger partial charge in [0.25, 0.3) is 0 Å². The third kappa shape index (κ3) is 5.30. The van der Waals surface area contributed by atoms with Gasteiger partial charge in [-0.05, 0) is 51.5 Å². The number of hydrogen-bond acceptors (Lipinski definition) is 4. The Morgan fingerprint density at radius 2 is 2.00 bits per heavy atom. The van der Waals surface area contributed by atoms with Crippen molar-refractivity contribution in [1.82, 2.24) is 0 Å². The summed E-state index contributed by atoms with van der Waals surface area (Å²) in [5.41, 5.74) is 0.185. The second-order valence-electron chi connectivity index (χ2n) is 5.08. The SMILES string of the molecule is CCOc1cc(/C=N\C(=O)OC(C)(C)C)ccc1OC. The molecule has 5 heteroatoms. The van der Waals surface area contributed by atoms with Crippen molar-refractivity contribution in [3.05, 3.63) is 23.8 Å². The summed E-state index contributed by atoms with van der Waals surface area (Å²) in [6.07, 6.45) is 0.821. The molecule has 0 fully saturated rings. The zero-order chi connectivity index (χ0) is 15.2. The smallest absolute Gasteiger partial charge is 0.434 e. The summed E-state index contributed by atoms with van der Waals surface area (Å²) < 4.78 is 15.7. The van der Waals surface area contributed by atoms with Gasteiger partial charge in [0.1, 0.15) is 5.60 Å². The molecule has 0 N–H and O–H groups in total. The van der Waals surface area contributed by atoms with Crippen molar-refractivity contribution >= 4 is 12.3 Å². The summed E-state index contributed by atoms with van der Waals surface area (Å²) in [5, 5.41) is 0. The molecule has 20 heavy (non-hydrogen) atoms. The predicted octanol–water partition coefficient (Wildman–Crippen LogP) is 3.45. The van der Waals surface area contributed by atoms with E-state index >= 15 is 0 Å². The number of methoxy groups -OCH3 is 1. The maximum absolute atomic E-state index is 11.5. The van der Waals surface area contributed by atoms with Gasteiger partial charge in [0, 0.05) is 6.21 Å². The average molecular weight is 279 g/mol. The van der Waals surface area contributed by atoms with E-state index in [1.807, 2.05) is 6.92 Å². The molecule has 0 atom stereocenters. The standard InChI is InChI=1S/C15H21NO4/c1-6-19-13-9-11(7-8-12(13)18-5)10-16-14(17)20-15(2,3)4/h7-10H,6H2,1-5H3/b16-10-. The molecule has 0 aliphatic carbocycles. The number of carbonyl (C=O) groups is 1. The van der Waals surface area contributed by atoms with Crippen LogP contribution in [0.1, 0.15) is 33.3 Å². The quantitative estimate of drug-likeness (QED) is 0.792. The highest BCUT2D eigenvalue weighted by Crippen LogP contribution is 2.27. The number of aliphatic imine (C=N–C) groups is 1. The van der Waals surface area contributed by atoms with Crippen molar-refractivity contribution in [3.63, 3.8) is 0 Å². The molecule has 1 amide bonds. The van der Waals surface area contributed by atoms with Gasteiger partial charge in [-0.15, -0.1) is 0 Å². The van der Waals surface area contributed by atoms with Crippen LogP contribution in [0.15, 0.2) is 23.2 Å². The largest absolute Gasteiger partial charge is 0.493 e. The molecule has 0 unspecified atom stereocenters. The number of hydrogen-bond donors (Lipinski definition) is 0. The summed E-state index contributed by atoms with van der Waals surface area (Å²) in [6, 6.07) is 5.31. The van der Waals surface area contributed by atoms with E-state index in [0.29, 0.717) is 18.1 Å². The first-order chi connectivity index (χ1) is 9.35. The van der Waals surface area contributed by atoms with Crippen molar-refractivity contribution in [3.8, 4) is 11.5 Å². The first-order valence-corrected chi connectivity index (χ1v) is 6.43. The normalized spacial score (nSPS) is 11.4. The molecule has 0 bridgehead atoms. The lowest BCUT2D eigenvalue weighted by atomic mass is 10.2. The van der Waals surface area contributed by atoms with Crippen molar-refractivity contribution in [2.24, 2.45) is 4.99 Å². The van der Waals surface area contributed by atoms with Crippen LogP contribution in [0, 0.1) is 0 Å². The van der Waals surface area contributed by atoms with Crippen LogP contribution in [0.25, 0.3) is 0 Å². The molecule has 0 heterocycles. The van der Waals surface area contributed by atoms with Gasteiger partial charge in [-0.2, -0.15) is 4.99 Å². The number of rotatable bonds is 4. The van der Waals surface area contributed by atoms with Gasteiger partial charge < -0.3 is 14.2 Å². The Balaban J connectivity index is 2.82. The van der Waals surface area contributed by atoms with Crippen LogP contribution in [0.4, 0.5) is 4.79 Å². The fourth-order valence-electron chi connectivity index (χ4n) is 1.46. The molecule has 0 aliphatic heterocycles. The topological polar surface area (TPSA) is 57.1 Å². The minimum Gasteiger partial charge on any atom is -0.493 e. The second kappa shape index (κ2) is 6.93. The van der Waals surface area contributed by atoms with Crippen molar-refractivity contribution in [2.75, 3.05) is 13.7 Å². The van der Waals surface area contributed by atoms with Crippen LogP contribution >= 0.6 is 0 Å². The van der Waals surface area contributed by atoms with E-state index in [9.17, 15) is 4.79 Å². The third-order valence-electron chi connectivity index (χ3n) is 2.20. The first kappa shape index (κ1) is 16.0. The summed E-state index contributed by atoms with van der Waals surface area (Å²) in [7, 11) is 1.58.